The van der Waals surface area contributed by atoms with E-state index in [2.05, 4.69) is 39.1 Å². The zero-order valence-corrected chi connectivity index (χ0v) is 26.9. The van der Waals surface area contributed by atoms with E-state index in [1.54, 1.807) is 12.3 Å². The molecule has 7 rings (SSSR count). The molecule has 6 aliphatic rings. The van der Waals surface area contributed by atoms with Gasteiger partial charge < -0.3 is 5.11 Å². The van der Waals surface area contributed by atoms with Crippen molar-refractivity contribution in [3.63, 3.8) is 0 Å². The van der Waals surface area contributed by atoms with Gasteiger partial charge in [-0.2, -0.15) is 22.0 Å². The van der Waals surface area contributed by atoms with Crippen LogP contribution in [-0.2, 0) is 11.3 Å². The Kier molecular flexibility index (Phi) is 8.40. The summed E-state index contributed by atoms with van der Waals surface area (Å²) in [7, 11) is 0. The highest BCUT2D eigenvalue weighted by molar-refractivity contribution is 5.93. The number of carbonyl (C=O) groups excluding carboxylic acids is 1. The number of allylic oxidation sites excluding steroid dienone is 6. The number of aromatic nitrogens is 1. The van der Waals surface area contributed by atoms with Crippen molar-refractivity contribution in [3.8, 4) is 0 Å². The summed E-state index contributed by atoms with van der Waals surface area (Å²) in [6, 6.07) is 4.04. The fourth-order valence-corrected chi connectivity index (χ4v) is 10.1. The molecule has 3 unspecified atom stereocenters. The van der Waals surface area contributed by atoms with Crippen LogP contribution in [0.1, 0.15) is 63.9 Å². The largest absolute Gasteiger partial charge is 0.456 e. The van der Waals surface area contributed by atoms with Gasteiger partial charge >= 0.3 is 12.1 Å². The number of pyridine rings is 1. The van der Waals surface area contributed by atoms with E-state index < -0.39 is 35.5 Å². The lowest BCUT2D eigenvalue weighted by Crippen LogP contribution is -2.65. The molecule has 2 saturated carbocycles. The van der Waals surface area contributed by atoms with Crippen LogP contribution in [0.15, 0.2) is 71.1 Å². The Morgan fingerprint density at radius 1 is 1.00 bits per heavy atom. The van der Waals surface area contributed by atoms with E-state index in [1.165, 1.54) is 18.1 Å². The van der Waals surface area contributed by atoms with Crippen molar-refractivity contribution in [2.45, 2.75) is 82.5 Å². The first-order valence-electron chi connectivity index (χ1n) is 17.2. The van der Waals surface area contributed by atoms with Gasteiger partial charge in [0.05, 0.1) is 0 Å². The Labute approximate surface area is 273 Å². The molecule has 0 aromatic carbocycles. The number of carbonyl (C=O) groups is 1. The number of piperazine rings is 1. The number of rotatable bonds is 6. The number of aliphatic hydroxyl groups is 1. The molecular weight excluding hydrogens is 613 g/mol. The molecule has 1 saturated heterocycles. The summed E-state index contributed by atoms with van der Waals surface area (Å²) < 4.78 is 72.2. The molecule has 0 amide bonds. The Balaban J connectivity index is 1.11. The highest BCUT2D eigenvalue weighted by atomic mass is 19.4. The summed E-state index contributed by atoms with van der Waals surface area (Å²) in [6.07, 6.45) is 8.48. The van der Waals surface area contributed by atoms with Crippen LogP contribution in [0.25, 0.3) is 0 Å². The number of hydrogen-bond acceptors (Lipinski definition) is 5. The smallest absolute Gasteiger partial charge is 0.383 e. The number of hydrogen-bond donors (Lipinski definition) is 1. The maximum atomic E-state index is 15.3. The molecule has 6 atom stereocenters. The minimum atomic E-state index is -5.84. The molecule has 5 nitrogen and oxygen atoms in total. The second kappa shape index (κ2) is 12.0. The molecule has 2 heterocycles. The molecule has 0 radical (unpaired) electrons. The predicted octanol–water partition coefficient (Wildman–Crippen LogP) is 7.06. The Morgan fingerprint density at radius 3 is 2.40 bits per heavy atom. The van der Waals surface area contributed by atoms with Crippen molar-refractivity contribution in [3.05, 3.63) is 76.7 Å². The monoisotopic (exact) mass is 657 g/mol. The maximum absolute atomic E-state index is 15.3. The Hall–Kier alpha value is -2.69. The average Bonchev–Trinajstić information content (AvgIpc) is 3.33. The summed E-state index contributed by atoms with van der Waals surface area (Å²) >= 11 is 0. The van der Waals surface area contributed by atoms with Gasteiger partial charge in [0, 0.05) is 63.5 Å². The maximum Gasteiger partial charge on any atom is 0.456 e. The first kappa shape index (κ1) is 32.8. The summed E-state index contributed by atoms with van der Waals surface area (Å²) in [5.74, 6) is -6.16. The standard InChI is InChI=1S/C37H44F5N3O2/c1-34-20-31(26-6-4-24(5-7-26)22-44-15-17-45(18-16-44)23-25-3-2-14-43-21-25)33-29-11-9-28(46)19-27(29)8-10-30(33)32(34)12-13-35(34,47)36(38,39)37(40,41)42/h2-6,14,19,21,26,30-32,47H,7-13,15-18,20,22-23H2,1H3/t26?,30?,31-,32?,34+,35+/m1/s1. The second-order valence-corrected chi connectivity index (χ2v) is 15.0. The zero-order chi connectivity index (χ0) is 33.2. The van der Waals surface area contributed by atoms with Crippen molar-refractivity contribution < 1.29 is 31.9 Å². The summed E-state index contributed by atoms with van der Waals surface area (Å²) in [5, 5.41) is 11.5. The third-order valence-electron chi connectivity index (χ3n) is 12.5. The van der Waals surface area contributed by atoms with Crippen molar-refractivity contribution >= 4 is 5.78 Å². The van der Waals surface area contributed by atoms with Gasteiger partial charge in [0.1, 0.15) is 5.60 Å². The number of ketones is 1. The zero-order valence-electron chi connectivity index (χ0n) is 26.9. The van der Waals surface area contributed by atoms with Gasteiger partial charge in [-0.15, -0.1) is 0 Å². The molecule has 0 bridgehead atoms. The Morgan fingerprint density at radius 2 is 1.74 bits per heavy atom. The molecule has 1 aromatic heterocycles. The van der Waals surface area contributed by atoms with Gasteiger partial charge in [0.15, 0.2) is 5.78 Å². The SMILES string of the molecule is C[C@]12C[C@H](C3C=CC(CN4CCN(Cc5cccnc5)CC4)=CC3)C3=C4CCC(=O)C=C4CCC3C1CC[C@@]2(O)C(F)(F)C(F)(F)F. The number of fused-ring (bicyclic) bond motifs is 4. The van der Waals surface area contributed by atoms with E-state index in [0.717, 1.165) is 56.0 Å². The van der Waals surface area contributed by atoms with E-state index in [-0.39, 0.29) is 36.4 Å². The van der Waals surface area contributed by atoms with Gasteiger partial charge in [-0.05, 0) is 103 Å². The molecule has 1 aromatic rings. The number of halogens is 5. The molecule has 10 heteroatoms. The normalized spacial score (nSPS) is 35.3. The van der Waals surface area contributed by atoms with Crippen LogP contribution >= 0.6 is 0 Å². The molecule has 1 N–H and O–H groups in total. The molecule has 0 spiro atoms. The summed E-state index contributed by atoms with van der Waals surface area (Å²) in [6.45, 7) is 6.97. The number of alkyl halides is 5. The highest BCUT2D eigenvalue weighted by Gasteiger charge is 2.79. The molecule has 3 fully saturated rings. The lowest BCUT2D eigenvalue weighted by molar-refractivity contribution is -0.363. The topological polar surface area (TPSA) is 56.7 Å². The van der Waals surface area contributed by atoms with E-state index in [9.17, 15) is 23.1 Å². The first-order valence-corrected chi connectivity index (χ1v) is 17.2. The van der Waals surface area contributed by atoms with Gasteiger partial charge in [-0.3, -0.25) is 19.6 Å². The van der Waals surface area contributed by atoms with Crippen LogP contribution in [0.3, 0.4) is 0 Å². The molecule has 1 aliphatic heterocycles. The number of nitrogens with zero attached hydrogens (tertiary/aromatic N) is 3. The molecule has 47 heavy (non-hydrogen) atoms. The van der Waals surface area contributed by atoms with Crippen molar-refractivity contribution in [2.24, 2.45) is 29.1 Å². The minimum absolute atomic E-state index is 0.0630. The summed E-state index contributed by atoms with van der Waals surface area (Å²) in [5.41, 5.74) is 0.897. The molecular formula is C37H44F5N3O2. The van der Waals surface area contributed by atoms with Crippen LogP contribution in [0.5, 0.6) is 0 Å². The quantitative estimate of drug-likeness (QED) is 0.332. The van der Waals surface area contributed by atoms with E-state index >= 15 is 8.78 Å². The lowest BCUT2D eigenvalue weighted by Gasteiger charge is -2.57. The first-order chi connectivity index (χ1) is 22.3. The third-order valence-corrected chi connectivity index (χ3v) is 12.5. The Bertz CT molecular complexity index is 1510. The van der Waals surface area contributed by atoms with Crippen molar-refractivity contribution in [1.82, 2.24) is 14.8 Å². The van der Waals surface area contributed by atoms with Crippen LogP contribution < -0.4 is 0 Å². The average molecular weight is 658 g/mol. The van der Waals surface area contributed by atoms with Crippen LogP contribution in [0.4, 0.5) is 22.0 Å². The van der Waals surface area contributed by atoms with Gasteiger partial charge in [0.25, 0.3) is 0 Å². The predicted molar refractivity (Wildman–Crippen MR) is 168 cm³/mol. The van der Waals surface area contributed by atoms with E-state index in [4.69, 9.17) is 0 Å². The second-order valence-electron chi connectivity index (χ2n) is 15.0. The van der Waals surface area contributed by atoms with Gasteiger partial charge in [0.2, 0.25) is 0 Å². The van der Waals surface area contributed by atoms with Crippen molar-refractivity contribution in [1.29, 1.82) is 0 Å². The van der Waals surface area contributed by atoms with Gasteiger partial charge in [-0.25, -0.2) is 0 Å². The summed E-state index contributed by atoms with van der Waals surface area (Å²) in [4.78, 5) is 21.4. The molecule has 254 valence electrons. The fourth-order valence-electron chi connectivity index (χ4n) is 10.1. The van der Waals surface area contributed by atoms with Crippen LogP contribution in [0.2, 0.25) is 0 Å². The van der Waals surface area contributed by atoms with E-state index in [1.807, 2.05) is 12.3 Å². The van der Waals surface area contributed by atoms with Crippen LogP contribution in [0, 0.1) is 29.1 Å². The fraction of sp³-hybridized carbons (Fsp3) is 0.622. The van der Waals surface area contributed by atoms with Gasteiger partial charge in [-0.1, -0.05) is 36.8 Å². The van der Waals surface area contributed by atoms with Crippen LogP contribution in [-0.4, -0.2) is 76.1 Å². The van der Waals surface area contributed by atoms with E-state index in [0.29, 0.717) is 32.1 Å². The lowest BCUT2D eigenvalue weighted by atomic mass is 9.49. The highest BCUT2D eigenvalue weighted by Crippen LogP contribution is 2.70. The third kappa shape index (κ3) is 5.56. The minimum Gasteiger partial charge on any atom is -0.383 e. The molecule has 5 aliphatic carbocycles. The van der Waals surface area contributed by atoms with Crippen molar-refractivity contribution in [2.75, 3.05) is 32.7 Å².